The molecular weight excluding hydrogens is 391 g/mol. The third-order valence-electron chi connectivity index (χ3n) is 5.59. The number of aliphatic imine (C=N–C) groups is 1. The Bertz CT molecular complexity index is 654. The molecule has 0 aromatic heterocycles. The van der Waals surface area contributed by atoms with Crippen LogP contribution < -0.4 is 10.6 Å². The van der Waals surface area contributed by atoms with Gasteiger partial charge in [-0.25, -0.2) is 0 Å². The van der Waals surface area contributed by atoms with Gasteiger partial charge in [-0.1, -0.05) is 32.0 Å². The summed E-state index contributed by atoms with van der Waals surface area (Å²) in [5, 5.41) is 6.61. The topological polar surface area (TPSA) is 42.9 Å². The molecule has 2 N–H and O–H groups in total. The molecule has 0 saturated carbocycles. The highest BCUT2D eigenvalue weighted by atomic mass is 19.4. The van der Waals surface area contributed by atoms with E-state index in [-0.39, 0.29) is 5.92 Å². The number of piperazine rings is 1. The molecule has 1 aromatic rings. The lowest BCUT2D eigenvalue weighted by molar-refractivity contribution is -0.137. The van der Waals surface area contributed by atoms with Gasteiger partial charge in [0.05, 0.1) is 5.56 Å². The van der Waals surface area contributed by atoms with E-state index in [0.29, 0.717) is 18.5 Å². The lowest BCUT2D eigenvalue weighted by Crippen LogP contribution is -2.49. The van der Waals surface area contributed by atoms with Gasteiger partial charge in [-0.3, -0.25) is 9.89 Å². The van der Waals surface area contributed by atoms with Crippen molar-refractivity contribution in [2.24, 2.45) is 4.99 Å². The minimum Gasteiger partial charge on any atom is -0.357 e. The van der Waals surface area contributed by atoms with Crippen LogP contribution in [-0.2, 0) is 6.18 Å². The van der Waals surface area contributed by atoms with Gasteiger partial charge in [-0.05, 0) is 37.4 Å². The molecule has 170 valence electrons. The summed E-state index contributed by atoms with van der Waals surface area (Å²) in [7, 11) is 0. The maximum atomic E-state index is 12.9. The fraction of sp³-hybridized carbons (Fsp3) is 0.682. The van der Waals surface area contributed by atoms with E-state index in [2.05, 4.69) is 32.3 Å². The maximum absolute atomic E-state index is 12.9. The van der Waals surface area contributed by atoms with Gasteiger partial charge in [0.1, 0.15) is 0 Å². The van der Waals surface area contributed by atoms with Crippen LogP contribution in [0.1, 0.15) is 44.2 Å². The van der Waals surface area contributed by atoms with Gasteiger partial charge in [0.15, 0.2) is 5.96 Å². The van der Waals surface area contributed by atoms with E-state index in [1.165, 1.54) is 12.1 Å². The summed E-state index contributed by atoms with van der Waals surface area (Å²) < 4.78 is 38.8. The average Bonchev–Trinajstić information content (AvgIpc) is 2.73. The molecule has 1 fully saturated rings. The number of rotatable bonds is 9. The molecule has 1 atom stereocenters. The molecule has 0 bridgehead atoms. The quantitative estimate of drug-likeness (QED) is 0.468. The van der Waals surface area contributed by atoms with E-state index in [1.807, 2.05) is 13.8 Å². The van der Waals surface area contributed by atoms with Crippen molar-refractivity contribution in [2.75, 3.05) is 58.9 Å². The lowest BCUT2D eigenvalue weighted by Gasteiger charge is -2.34. The number of guanidine groups is 1. The maximum Gasteiger partial charge on any atom is 0.416 e. The minimum atomic E-state index is -4.31. The lowest BCUT2D eigenvalue weighted by atomic mass is 9.96. The summed E-state index contributed by atoms with van der Waals surface area (Å²) in [6.07, 6.45) is -3.62. The Labute approximate surface area is 178 Å². The highest BCUT2D eigenvalue weighted by Gasteiger charge is 2.30. The van der Waals surface area contributed by atoms with Crippen molar-refractivity contribution >= 4 is 5.96 Å². The van der Waals surface area contributed by atoms with Gasteiger partial charge < -0.3 is 15.5 Å². The van der Waals surface area contributed by atoms with E-state index in [9.17, 15) is 13.2 Å². The molecule has 1 aliphatic heterocycles. The second-order valence-electron chi connectivity index (χ2n) is 7.78. The normalized spacial score (nSPS) is 17.7. The van der Waals surface area contributed by atoms with Gasteiger partial charge in [0, 0.05) is 52.4 Å². The molecule has 2 rings (SSSR count). The third kappa shape index (κ3) is 8.14. The van der Waals surface area contributed by atoms with Crippen LogP contribution in [0.4, 0.5) is 13.2 Å². The van der Waals surface area contributed by atoms with Crippen LogP contribution >= 0.6 is 0 Å². The van der Waals surface area contributed by atoms with E-state index in [0.717, 1.165) is 64.4 Å². The van der Waals surface area contributed by atoms with E-state index in [1.54, 1.807) is 6.07 Å². The van der Waals surface area contributed by atoms with Crippen LogP contribution in [0, 0.1) is 0 Å². The number of hydrogen-bond acceptors (Lipinski definition) is 3. The Kier molecular flexibility index (Phi) is 9.91. The van der Waals surface area contributed by atoms with E-state index in [4.69, 9.17) is 0 Å². The summed E-state index contributed by atoms with van der Waals surface area (Å²) in [4.78, 5) is 9.52. The summed E-state index contributed by atoms with van der Waals surface area (Å²) in [5.74, 6) is 0.773. The van der Waals surface area contributed by atoms with E-state index >= 15 is 0 Å². The van der Waals surface area contributed by atoms with Crippen molar-refractivity contribution in [3.63, 3.8) is 0 Å². The molecule has 0 aliphatic carbocycles. The van der Waals surface area contributed by atoms with Gasteiger partial charge in [0.2, 0.25) is 0 Å². The van der Waals surface area contributed by atoms with Crippen LogP contribution in [0.25, 0.3) is 0 Å². The second-order valence-corrected chi connectivity index (χ2v) is 7.78. The Hall–Kier alpha value is -1.80. The Morgan fingerprint density at radius 1 is 1.10 bits per heavy atom. The van der Waals surface area contributed by atoms with Crippen molar-refractivity contribution in [2.45, 2.75) is 39.3 Å². The second kappa shape index (κ2) is 12.2. The van der Waals surface area contributed by atoms with Gasteiger partial charge >= 0.3 is 6.18 Å². The number of nitrogens with one attached hydrogen (secondary N) is 2. The fourth-order valence-corrected chi connectivity index (χ4v) is 3.56. The Morgan fingerprint density at radius 3 is 2.43 bits per heavy atom. The van der Waals surface area contributed by atoms with Crippen molar-refractivity contribution in [3.05, 3.63) is 35.4 Å². The molecule has 0 radical (unpaired) electrons. The monoisotopic (exact) mass is 427 g/mol. The van der Waals surface area contributed by atoms with Gasteiger partial charge in [-0.15, -0.1) is 0 Å². The molecule has 8 heteroatoms. The zero-order chi connectivity index (χ0) is 22.0. The van der Waals surface area contributed by atoms with Crippen LogP contribution in [0.15, 0.2) is 29.3 Å². The summed E-state index contributed by atoms with van der Waals surface area (Å²) >= 11 is 0. The first-order chi connectivity index (χ1) is 14.3. The van der Waals surface area contributed by atoms with Crippen LogP contribution in [0.5, 0.6) is 0 Å². The van der Waals surface area contributed by atoms with Crippen molar-refractivity contribution in [1.29, 1.82) is 0 Å². The average molecular weight is 428 g/mol. The molecule has 0 amide bonds. The number of hydrogen-bond donors (Lipinski definition) is 2. The van der Waals surface area contributed by atoms with Crippen LogP contribution in [0.3, 0.4) is 0 Å². The zero-order valence-corrected chi connectivity index (χ0v) is 18.4. The largest absolute Gasteiger partial charge is 0.416 e. The molecule has 1 unspecified atom stereocenters. The molecule has 5 nitrogen and oxygen atoms in total. The van der Waals surface area contributed by atoms with Crippen molar-refractivity contribution < 1.29 is 13.2 Å². The molecule has 1 saturated heterocycles. The molecule has 1 aliphatic rings. The van der Waals surface area contributed by atoms with Crippen LogP contribution in [-0.4, -0.2) is 74.7 Å². The standard InChI is InChI=1S/C22H36F3N5/c1-4-26-21(28-11-12-30-15-13-29(5-2)14-16-30)27-10-9-18(3)19-7-6-8-20(17-19)22(23,24)25/h6-8,17-18H,4-5,9-16H2,1-3H3,(H2,26,27,28). The Morgan fingerprint density at radius 2 is 1.80 bits per heavy atom. The first-order valence-electron chi connectivity index (χ1n) is 11.0. The van der Waals surface area contributed by atoms with Crippen molar-refractivity contribution in [3.8, 4) is 0 Å². The highest BCUT2D eigenvalue weighted by molar-refractivity contribution is 5.79. The van der Waals surface area contributed by atoms with Crippen LogP contribution in [0.2, 0.25) is 0 Å². The van der Waals surface area contributed by atoms with Gasteiger partial charge in [-0.2, -0.15) is 13.2 Å². The van der Waals surface area contributed by atoms with Crippen molar-refractivity contribution in [1.82, 2.24) is 20.4 Å². The SMILES string of the molecule is CCNC(=NCCC(C)c1cccc(C(F)(F)F)c1)NCCN1CCN(CC)CC1. The predicted octanol–water partition coefficient (Wildman–Crippen LogP) is 3.39. The smallest absolute Gasteiger partial charge is 0.357 e. The number of likely N-dealkylation sites (N-methyl/N-ethyl adjacent to an activating group) is 1. The zero-order valence-electron chi connectivity index (χ0n) is 18.4. The number of alkyl halides is 3. The minimum absolute atomic E-state index is 0.00814. The van der Waals surface area contributed by atoms with Gasteiger partial charge in [0.25, 0.3) is 0 Å². The molecule has 1 aromatic carbocycles. The first kappa shape index (κ1) is 24.5. The summed E-state index contributed by atoms with van der Waals surface area (Å²) in [5.41, 5.74) is 0.106. The van der Waals surface area contributed by atoms with E-state index < -0.39 is 11.7 Å². The molecule has 0 spiro atoms. The molecule has 30 heavy (non-hydrogen) atoms. The Balaban J connectivity index is 1.78. The number of nitrogens with zero attached hydrogens (tertiary/aromatic N) is 3. The summed E-state index contributed by atoms with van der Waals surface area (Å²) in [6, 6.07) is 5.59. The summed E-state index contributed by atoms with van der Waals surface area (Å²) in [6.45, 7) is 14.8. The highest BCUT2D eigenvalue weighted by Crippen LogP contribution is 2.31. The number of benzene rings is 1. The molecule has 1 heterocycles. The first-order valence-corrected chi connectivity index (χ1v) is 11.0. The third-order valence-corrected chi connectivity index (χ3v) is 5.59. The molecular formula is C22H36F3N5. The fourth-order valence-electron chi connectivity index (χ4n) is 3.56. The predicted molar refractivity (Wildman–Crippen MR) is 117 cm³/mol. The number of halogens is 3.